The summed E-state index contributed by atoms with van der Waals surface area (Å²) in [5.74, 6) is 2.61. The quantitative estimate of drug-likeness (QED) is 0.496. The first-order valence-electron chi connectivity index (χ1n) is 11.1. The molecular weight excluding hydrogens is 406 g/mol. The lowest BCUT2D eigenvalue weighted by atomic mass is 10.1. The van der Waals surface area contributed by atoms with E-state index in [4.69, 9.17) is 14.0 Å². The molecule has 0 saturated carbocycles. The Morgan fingerprint density at radius 1 is 1.06 bits per heavy atom. The van der Waals surface area contributed by atoms with Gasteiger partial charge in [0, 0.05) is 25.1 Å². The van der Waals surface area contributed by atoms with Crippen LogP contribution in [0.3, 0.4) is 0 Å². The summed E-state index contributed by atoms with van der Waals surface area (Å²) in [7, 11) is 0. The summed E-state index contributed by atoms with van der Waals surface area (Å²) in [5.41, 5.74) is 3.19. The van der Waals surface area contributed by atoms with Gasteiger partial charge in [0.15, 0.2) is 11.5 Å². The van der Waals surface area contributed by atoms with Crippen LogP contribution in [0, 0.1) is 6.92 Å². The van der Waals surface area contributed by atoms with Gasteiger partial charge in [-0.3, -0.25) is 4.79 Å². The van der Waals surface area contributed by atoms with E-state index in [2.05, 4.69) is 10.1 Å². The second kappa shape index (κ2) is 9.85. The maximum absolute atomic E-state index is 12.6. The van der Waals surface area contributed by atoms with E-state index in [1.807, 2.05) is 68.1 Å². The zero-order chi connectivity index (χ0) is 22.5. The van der Waals surface area contributed by atoms with Crippen LogP contribution in [-0.2, 0) is 11.2 Å². The van der Waals surface area contributed by atoms with E-state index in [9.17, 15) is 4.79 Å². The molecule has 2 aromatic carbocycles. The van der Waals surface area contributed by atoms with Gasteiger partial charge >= 0.3 is 0 Å². The Kier molecular flexibility index (Phi) is 6.73. The summed E-state index contributed by atoms with van der Waals surface area (Å²) in [6.07, 6.45) is 1.13. The summed E-state index contributed by atoms with van der Waals surface area (Å²) in [6.45, 7) is 8.32. The number of carbonyl (C=O) groups excluding carboxylic acids is 1. The van der Waals surface area contributed by atoms with E-state index < -0.39 is 0 Å². The highest BCUT2D eigenvalue weighted by Gasteiger charge is 2.34. The van der Waals surface area contributed by atoms with Gasteiger partial charge in [0.25, 0.3) is 0 Å². The molecule has 7 nitrogen and oxygen atoms in total. The molecule has 1 saturated heterocycles. The first-order valence-corrected chi connectivity index (χ1v) is 11.1. The highest BCUT2D eigenvalue weighted by molar-refractivity contribution is 5.79. The number of benzene rings is 2. The van der Waals surface area contributed by atoms with Gasteiger partial charge < -0.3 is 18.9 Å². The zero-order valence-corrected chi connectivity index (χ0v) is 18.8. The summed E-state index contributed by atoms with van der Waals surface area (Å²) in [5, 5.41) is 4.11. The number of carbonyl (C=O) groups is 1. The molecule has 3 aromatic rings. The molecule has 168 valence electrons. The molecule has 32 heavy (non-hydrogen) atoms. The maximum atomic E-state index is 12.6. The van der Waals surface area contributed by atoms with Crippen molar-refractivity contribution >= 4 is 5.91 Å². The van der Waals surface area contributed by atoms with Gasteiger partial charge in [0.2, 0.25) is 17.6 Å². The number of hydrogen-bond acceptors (Lipinski definition) is 6. The molecule has 0 spiro atoms. The molecule has 0 aliphatic carbocycles. The van der Waals surface area contributed by atoms with Crippen molar-refractivity contribution in [2.75, 3.05) is 26.3 Å². The number of likely N-dealkylation sites (tertiary alicyclic amines) is 1. The van der Waals surface area contributed by atoms with Gasteiger partial charge in [0.05, 0.1) is 19.1 Å². The zero-order valence-electron chi connectivity index (χ0n) is 18.8. The molecule has 1 atom stereocenters. The van der Waals surface area contributed by atoms with Crippen molar-refractivity contribution in [3.8, 4) is 22.9 Å². The molecule has 1 unspecified atom stereocenters. The number of ether oxygens (including phenoxy) is 2. The van der Waals surface area contributed by atoms with Crippen LogP contribution in [0.25, 0.3) is 11.4 Å². The minimum atomic E-state index is -0.0754. The van der Waals surface area contributed by atoms with Gasteiger partial charge in [-0.1, -0.05) is 41.1 Å². The Bertz CT molecular complexity index is 1060. The Labute approximate surface area is 188 Å². The molecular formula is C25H29N3O4. The fraction of sp³-hybridized carbons (Fsp3) is 0.400. The molecule has 0 radical (unpaired) electrons. The number of rotatable bonds is 9. The van der Waals surface area contributed by atoms with E-state index in [-0.39, 0.29) is 11.8 Å². The third kappa shape index (κ3) is 4.93. The van der Waals surface area contributed by atoms with Crippen molar-refractivity contribution in [3.63, 3.8) is 0 Å². The van der Waals surface area contributed by atoms with E-state index in [1.54, 1.807) is 0 Å². The molecule has 1 aromatic heterocycles. The number of aryl methyl sites for hydroxylation is 1. The van der Waals surface area contributed by atoms with Gasteiger partial charge in [-0.15, -0.1) is 0 Å². The van der Waals surface area contributed by atoms with Gasteiger partial charge in [0.1, 0.15) is 0 Å². The molecule has 4 rings (SSSR count). The van der Waals surface area contributed by atoms with E-state index in [0.717, 1.165) is 29.0 Å². The van der Waals surface area contributed by atoms with Crippen molar-refractivity contribution in [2.24, 2.45) is 0 Å². The smallest absolute Gasteiger partial charge is 0.232 e. The Morgan fingerprint density at radius 2 is 1.81 bits per heavy atom. The lowest BCUT2D eigenvalue weighted by Gasteiger charge is -2.17. The molecule has 1 aliphatic rings. The van der Waals surface area contributed by atoms with Crippen molar-refractivity contribution in [1.29, 1.82) is 0 Å². The van der Waals surface area contributed by atoms with Crippen LogP contribution in [-0.4, -0.2) is 47.3 Å². The summed E-state index contributed by atoms with van der Waals surface area (Å²) in [4.78, 5) is 19.0. The van der Waals surface area contributed by atoms with E-state index in [1.165, 1.54) is 5.56 Å². The van der Waals surface area contributed by atoms with Crippen molar-refractivity contribution in [1.82, 2.24) is 15.0 Å². The lowest BCUT2D eigenvalue weighted by molar-refractivity contribution is -0.127. The Balaban J connectivity index is 1.38. The van der Waals surface area contributed by atoms with E-state index in [0.29, 0.717) is 44.4 Å². The second-order valence-electron chi connectivity index (χ2n) is 7.96. The number of amides is 1. The third-order valence-electron chi connectivity index (χ3n) is 5.59. The SMILES string of the molecule is CCOc1ccc(CCN2CC(c3nc(-c4ccc(C)cc4)no3)CC2=O)cc1OCC. The Hall–Kier alpha value is -3.35. The number of aromatic nitrogens is 2. The minimum Gasteiger partial charge on any atom is -0.490 e. The average molecular weight is 436 g/mol. The molecule has 0 N–H and O–H groups in total. The predicted octanol–water partition coefficient (Wildman–Crippen LogP) is 4.40. The molecule has 7 heteroatoms. The van der Waals surface area contributed by atoms with Crippen LogP contribution < -0.4 is 9.47 Å². The maximum Gasteiger partial charge on any atom is 0.232 e. The minimum absolute atomic E-state index is 0.0754. The van der Waals surface area contributed by atoms with Crippen LogP contribution in [0.1, 0.15) is 43.2 Å². The normalized spacial score (nSPS) is 15.9. The highest BCUT2D eigenvalue weighted by Crippen LogP contribution is 2.31. The molecule has 2 heterocycles. The van der Waals surface area contributed by atoms with Crippen LogP contribution in [0.4, 0.5) is 0 Å². The molecule has 0 bridgehead atoms. The standard InChI is InChI=1S/C25H29N3O4/c1-4-30-21-11-8-18(14-22(21)31-5-2)12-13-28-16-20(15-23(28)29)25-26-24(27-32-25)19-9-6-17(3)7-10-19/h6-11,14,20H,4-5,12-13,15-16H2,1-3H3. The van der Waals surface area contributed by atoms with Crippen LogP contribution in [0.2, 0.25) is 0 Å². The first-order chi connectivity index (χ1) is 15.6. The lowest BCUT2D eigenvalue weighted by Crippen LogP contribution is -2.27. The van der Waals surface area contributed by atoms with Crippen molar-refractivity contribution < 1.29 is 18.8 Å². The predicted molar refractivity (Wildman–Crippen MR) is 121 cm³/mol. The summed E-state index contributed by atoms with van der Waals surface area (Å²) in [6, 6.07) is 13.9. The number of hydrogen-bond donors (Lipinski definition) is 0. The largest absolute Gasteiger partial charge is 0.490 e. The Morgan fingerprint density at radius 3 is 2.56 bits per heavy atom. The fourth-order valence-electron chi connectivity index (χ4n) is 3.89. The summed E-state index contributed by atoms with van der Waals surface area (Å²) < 4.78 is 16.8. The van der Waals surface area contributed by atoms with Gasteiger partial charge in [-0.05, 0) is 44.9 Å². The second-order valence-corrected chi connectivity index (χ2v) is 7.96. The monoisotopic (exact) mass is 435 g/mol. The van der Waals surface area contributed by atoms with E-state index >= 15 is 0 Å². The van der Waals surface area contributed by atoms with Gasteiger partial charge in [-0.2, -0.15) is 4.98 Å². The third-order valence-corrected chi connectivity index (χ3v) is 5.59. The number of nitrogens with zero attached hydrogens (tertiary/aromatic N) is 3. The summed E-state index contributed by atoms with van der Waals surface area (Å²) >= 11 is 0. The first kappa shape index (κ1) is 21.9. The van der Waals surface area contributed by atoms with Crippen LogP contribution in [0.15, 0.2) is 47.0 Å². The topological polar surface area (TPSA) is 77.7 Å². The van der Waals surface area contributed by atoms with Crippen LogP contribution in [0.5, 0.6) is 11.5 Å². The fourth-order valence-corrected chi connectivity index (χ4v) is 3.89. The average Bonchev–Trinajstić information content (AvgIpc) is 3.42. The molecule has 1 fully saturated rings. The molecule has 1 aliphatic heterocycles. The van der Waals surface area contributed by atoms with Crippen molar-refractivity contribution in [3.05, 3.63) is 59.5 Å². The highest BCUT2D eigenvalue weighted by atomic mass is 16.5. The van der Waals surface area contributed by atoms with Crippen molar-refractivity contribution in [2.45, 2.75) is 39.5 Å². The van der Waals surface area contributed by atoms with Gasteiger partial charge in [-0.25, -0.2) is 0 Å². The molecule has 1 amide bonds. The van der Waals surface area contributed by atoms with Crippen LogP contribution >= 0.6 is 0 Å².